The fourth-order valence-corrected chi connectivity index (χ4v) is 7.02. The van der Waals surface area contributed by atoms with Gasteiger partial charge in [-0.15, -0.1) is 0 Å². The lowest BCUT2D eigenvalue weighted by atomic mass is 9.87. The molecule has 2 aliphatic rings. The van der Waals surface area contributed by atoms with Gasteiger partial charge in [0.1, 0.15) is 11.8 Å². The van der Waals surface area contributed by atoms with Crippen molar-refractivity contribution in [2.45, 2.75) is 58.4 Å². The van der Waals surface area contributed by atoms with E-state index < -0.39 is 28.1 Å². The van der Waals surface area contributed by atoms with Crippen molar-refractivity contribution in [2.24, 2.45) is 17.6 Å². The number of anilines is 1. The van der Waals surface area contributed by atoms with E-state index in [1.54, 1.807) is 26.0 Å². The zero-order valence-electron chi connectivity index (χ0n) is 24.9. The number of nitrogens with one attached hydrogen (secondary N) is 1. The van der Waals surface area contributed by atoms with Crippen LogP contribution in [0, 0.1) is 23.7 Å². The van der Waals surface area contributed by atoms with E-state index in [1.165, 1.54) is 36.4 Å². The molecule has 4 N–H and O–H groups in total. The first-order chi connectivity index (χ1) is 20.5. The van der Waals surface area contributed by atoms with Gasteiger partial charge in [0.05, 0.1) is 12.2 Å². The molecule has 1 heterocycles. The number of carboxylic acids is 1. The summed E-state index contributed by atoms with van der Waals surface area (Å²) in [5.74, 6) is 5.27. The van der Waals surface area contributed by atoms with Gasteiger partial charge in [-0.25, -0.2) is 0 Å². The van der Waals surface area contributed by atoms with E-state index in [-0.39, 0.29) is 19.0 Å². The van der Waals surface area contributed by atoms with Gasteiger partial charge in [0.25, 0.3) is 16.1 Å². The molecule has 0 aromatic heterocycles. The first-order valence-corrected chi connectivity index (χ1v) is 16.4. The van der Waals surface area contributed by atoms with Crippen molar-refractivity contribution in [1.82, 2.24) is 9.03 Å². The number of nitrogens with two attached hydrogens (primary N) is 1. The Labute approximate surface area is 254 Å². The van der Waals surface area contributed by atoms with E-state index in [0.717, 1.165) is 17.7 Å². The highest BCUT2D eigenvalue weighted by Crippen LogP contribution is 2.27. The summed E-state index contributed by atoms with van der Waals surface area (Å²) in [6.45, 7) is 5.31. The van der Waals surface area contributed by atoms with Crippen LogP contribution in [0.25, 0.3) is 0 Å². The van der Waals surface area contributed by atoms with Crippen molar-refractivity contribution < 1.29 is 27.9 Å². The number of hydrogen-bond donors (Lipinski definition) is 3. The lowest BCUT2D eigenvalue weighted by Crippen LogP contribution is -2.55. The van der Waals surface area contributed by atoms with Gasteiger partial charge in [-0.2, -0.15) is 17.4 Å². The Morgan fingerprint density at radius 3 is 2.23 bits per heavy atom. The highest BCUT2D eigenvalue weighted by Gasteiger charge is 2.33. The predicted octanol–water partition coefficient (Wildman–Crippen LogP) is 3.60. The average molecular weight is 611 g/mol. The summed E-state index contributed by atoms with van der Waals surface area (Å²) < 4.78 is 35.0. The largest absolute Gasteiger partial charge is 0.493 e. The highest BCUT2D eigenvalue weighted by molar-refractivity contribution is 7.87. The first kappa shape index (κ1) is 32.3. The van der Waals surface area contributed by atoms with Gasteiger partial charge in [0.15, 0.2) is 0 Å². The summed E-state index contributed by atoms with van der Waals surface area (Å²) >= 11 is 0. The minimum atomic E-state index is -3.92. The second-order valence-corrected chi connectivity index (χ2v) is 13.3. The number of benzene rings is 2. The molecule has 1 amide bonds. The molecule has 1 atom stereocenters. The third-order valence-electron chi connectivity index (χ3n) is 8.12. The Bertz CT molecular complexity index is 1430. The molecule has 2 aromatic carbocycles. The van der Waals surface area contributed by atoms with Crippen LogP contribution in [0.4, 0.5) is 5.69 Å². The standard InChI is InChI=1S/C32H42N4O6S/c1-23(2)30(32(38)39)34-43(40,41)36-19-17-35(18-20-36)27-13-10-25(11-14-27)8-9-26-12-15-29(28(22-26)31(33)37)42-21-16-24-6-4-3-5-7-24/h10-15,22-24,30,34H,3-7,16-21H2,1-2H3,(H2,33,37)(H,38,39)/t30-/m1/s1. The van der Waals surface area contributed by atoms with Crippen LogP contribution in [0.1, 0.15) is 73.9 Å². The Kier molecular flexibility index (Phi) is 11.1. The highest BCUT2D eigenvalue weighted by atomic mass is 32.2. The average Bonchev–Trinajstić information content (AvgIpc) is 3.00. The van der Waals surface area contributed by atoms with Gasteiger partial charge in [-0.3, -0.25) is 9.59 Å². The number of ether oxygens (including phenoxy) is 1. The van der Waals surface area contributed by atoms with E-state index in [9.17, 15) is 23.1 Å². The molecule has 1 saturated heterocycles. The van der Waals surface area contributed by atoms with Crippen LogP contribution in [0.5, 0.6) is 5.75 Å². The molecule has 43 heavy (non-hydrogen) atoms. The number of piperazine rings is 1. The zero-order chi connectivity index (χ0) is 31.0. The van der Waals surface area contributed by atoms with E-state index >= 15 is 0 Å². The molecule has 1 saturated carbocycles. The molecular formula is C32H42N4O6S. The van der Waals surface area contributed by atoms with E-state index in [2.05, 4.69) is 21.5 Å². The number of carbonyl (C=O) groups excluding carboxylic acids is 1. The fraction of sp³-hybridized carbons (Fsp3) is 0.500. The van der Waals surface area contributed by atoms with E-state index in [4.69, 9.17) is 10.5 Å². The molecule has 232 valence electrons. The van der Waals surface area contributed by atoms with Gasteiger partial charge in [-0.1, -0.05) is 57.8 Å². The van der Waals surface area contributed by atoms with Crippen molar-refractivity contribution in [3.8, 4) is 17.6 Å². The molecule has 0 radical (unpaired) electrons. The maximum absolute atomic E-state index is 12.7. The summed E-state index contributed by atoms with van der Waals surface area (Å²) in [6.07, 6.45) is 7.35. The second-order valence-electron chi connectivity index (χ2n) is 11.6. The number of primary amides is 1. The molecule has 0 unspecified atom stereocenters. The second kappa shape index (κ2) is 14.7. The Balaban J connectivity index is 1.33. The Morgan fingerprint density at radius 1 is 1.00 bits per heavy atom. The normalized spacial score (nSPS) is 17.2. The van der Waals surface area contributed by atoms with E-state index in [0.29, 0.717) is 42.5 Å². The molecule has 2 aromatic rings. The molecule has 0 spiro atoms. The summed E-state index contributed by atoms with van der Waals surface area (Å²) in [6, 6.07) is 11.7. The number of amides is 1. The van der Waals surface area contributed by atoms with Crippen LogP contribution in [0.2, 0.25) is 0 Å². The minimum absolute atomic E-state index is 0.240. The smallest absolute Gasteiger partial charge is 0.322 e. The Hall–Kier alpha value is -3.59. The molecule has 0 bridgehead atoms. The monoisotopic (exact) mass is 610 g/mol. The lowest BCUT2D eigenvalue weighted by Gasteiger charge is -2.36. The Morgan fingerprint density at radius 2 is 1.63 bits per heavy atom. The maximum Gasteiger partial charge on any atom is 0.322 e. The third kappa shape index (κ3) is 8.95. The van der Waals surface area contributed by atoms with Crippen molar-refractivity contribution in [2.75, 3.05) is 37.7 Å². The first-order valence-electron chi connectivity index (χ1n) is 15.0. The predicted molar refractivity (Wildman–Crippen MR) is 166 cm³/mol. The fourth-order valence-electron chi connectivity index (χ4n) is 5.53. The summed E-state index contributed by atoms with van der Waals surface area (Å²) in [4.78, 5) is 25.6. The van der Waals surface area contributed by atoms with Crippen LogP contribution >= 0.6 is 0 Å². The third-order valence-corrected chi connectivity index (χ3v) is 9.72. The van der Waals surface area contributed by atoms with Gasteiger partial charge >= 0.3 is 5.97 Å². The molecule has 11 heteroatoms. The number of nitrogens with zero attached hydrogens (tertiary/aromatic N) is 2. The molecule has 10 nitrogen and oxygen atoms in total. The lowest BCUT2D eigenvalue weighted by molar-refractivity contribution is -0.140. The van der Waals surface area contributed by atoms with Crippen LogP contribution < -0.4 is 20.1 Å². The van der Waals surface area contributed by atoms with Crippen LogP contribution in [0.15, 0.2) is 42.5 Å². The van der Waals surface area contributed by atoms with Crippen molar-refractivity contribution in [1.29, 1.82) is 0 Å². The van der Waals surface area contributed by atoms with Crippen LogP contribution in [-0.2, 0) is 15.0 Å². The van der Waals surface area contributed by atoms with Gasteiger partial charge in [0.2, 0.25) is 0 Å². The van der Waals surface area contributed by atoms with Crippen molar-refractivity contribution >= 4 is 27.8 Å². The number of carbonyl (C=O) groups is 2. The van der Waals surface area contributed by atoms with Gasteiger partial charge in [0, 0.05) is 43.0 Å². The maximum atomic E-state index is 12.7. The quantitative estimate of drug-likeness (QED) is 0.330. The van der Waals surface area contributed by atoms with Gasteiger partial charge in [-0.05, 0) is 60.7 Å². The molecule has 1 aliphatic carbocycles. The summed E-state index contributed by atoms with van der Waals surface area (Å²) in [5.41, 5.74) is 8.34. The molecular weight excluding hydrogens is 568 g/mol. The van der Waals surface area contributed by atoms with Crippen LogP contribution in [-0.4, -0.2) is 68.5 Å². The number of aliphatic carboxylic acids is 1. The van der Waals surface area contributed by atoms with Crippen molar-refractivity contribution in [3.05, 3.63) is 59.2 Å². The van der Waals surface area contributed by atoms with Crippen molar-refractivity contribution in [3.63, 3.8) is 0 Å². The zero-order valence-corrected chi connectivity index (χ0v) is 25.7. The minimum Gasteiger partial charge on any atom is -0.493 e. The number of rotatable bonds is 11. The summed E-state index contributed by atoms with van der Waals surface area (Å²) in [5, 5.41) is 9.35. The van der Waals surface area contributed by atoms with Gasteiger partial charge < -0.3 is 20.5 Å². The number of hydrogen-bond acceptors (Lipinski definition) is 6. The molecule has 1 aliphatic heterocycles. The van der Waals surface area contributed by atoms with Crippen LogP contribution in [0.3, 0.4) is 0 Å². The van der Waals surface area contributed by atoms with E-state index in [1.807, 2.05) is 30.3 Å². The number of carboxylic acid groups (broad SMARTS) is 1. The topological polar surface area (TPSA) is 142 Å². The molecule has 4 rings (SSSR count). The SMILES string of the molecule is CC(C)[C@@H](NS(=O)(=O)N1CCN(c2ccc(C#Cc3ccc(OCCC4CCCCC4)c(C(N)=O)c3)cc2)CC1)C(=O)O. The molecule has 2 fully saturated rings. The summed E-state index contributed by atoms with van der Waals surface area (Å²) in [7, 11) is -3.92.